The molecule has 1 aliphatic rings. The van der Waals surface area contributed by atoms with Crippen LogP contribution < -0.4 is 4.74 Å². The van der Waals surface area contributed by atoms with E-state index >= 15 is 0 Å². The molecule has 0 radical (unpaired) electrons. The highest BCUT2D eigenvalue weighted by atomic mass is 19.1. The second kappa shape index (κ2) is 5.16. The number of ketones is 1. The van der Waals surface area contributed by atoms with Gasteiger partial charge in [-0.25, -0.2) is 4.39 Å². The number of esters is 1. The van der Waals surface area contributed by atoms with Crippen molar-refractivity contribution in [3.8, 4) is 5.75 Å². The van der Waals surface area contributed by atoms with Crippen LogP contribution in [0.3, 0.4) is 0 Å². The normalized spacial score (nSPS) is 18.6. The van der Waals surface area contributed by atoms with Gasteiger partial charge in [0.2, 0.25) is 0 Å². The van der Waals surface area contributed by atoms with Crippen LogP contribution in [0.2, 0.25) is 0 Å². The van der Waals surface area contributed by atoms with E-state index in [9.17, 15) is 14.0 Å². The fraction of sp³-hybridized carbons (Fsp3) is 0.385. The number of para-hydroxylation sites is 1. The highest BCUT2D eigenvalue weighted by molar-refractivity contribution is 6.10. The zero-order chi connectivity index (χ0) is 13.1. The van der Waals surface area contributed by atoms with Gasteiger partial charge < -0.3 is 9.47 Å². The molecule has 0 amide bonds. The summed E-state index contributed by atoms with van der Waals surface area (Å²) in [6.07, 6.45) is 0.200. The molecule has 0 spiro atoms. The number of Topliss-reactive ketones (excluding diaryl/α,β-unsaturated/α-hetero) is 1. The van der Waals surface area contributed by atoms with Crippen molar-refractivity contribution in [1.29, 1.82) is 0 Å². The molecule has 0 fully saturated rings. The van der Waals surface area contributed by atoms with Gasteiger partial charge in [0, 0.05) is 6.42 Å². The largest absolute Gasteiger partial charge is 0.490 e. The molecular formula is C13H13FO4. The van der Waals surface area contributed by atoms with Crippen LogP contribution in [-0.4, -0.2) is 25.0 Å². The predicted octanol–water partition coefficient (Wildman–Crippen LogP) is 1.97. The van der Waals surface area contributed by atoms with E-state index < -0.39 is 23.5 Å². The van der Waals surface area contributed by atoms with E-state index in [1.54, 1.807) is 6.92 Å². The summed E-state index contributed by atoms with van der Waals surface area (Å²) in [5, 5.41) is 0. The van der Waals surface area contributed by atoms with Crippen molar-refractivity contribution in [3.63, 3.8) is 0 Å². The summed E-state index contributed by atoms with van der Waals surface area (Å²) in [6.45, 7) is 1.99. The maximum absolute atomic E-state index is 13.5. The lowest BCUT2D eigenvalue weighted by Gasteiger charge is -2.10. The first-order chi connectivity index (χ1) is 8.65. The minimum Gasteiger partial charge on any atom is -0.490 e. The Labute approximate surface area is 104 Å². The van der Waals surface area contributed by atoms with Crippen molar-refractivity contribution >= 4 is 11.8 Å². The van der Waals surface area contributed by atoms with Crippen LogP contribution in [0.1, 0.15) is 23.7 Å². The maximum Gasteiger partial charge on any atom is 0.316 e. The molecule has 0 saturated heterocycles. The van der Waals surface area contributed by atoms with Gasteiger partial charge in [0.1, 0.15) is 5.92 Å². The first kappa shape index (κ1) is 12.5. The fourth-order valence-corrected chi connectivity index (χ4v) is 1.91. The molecule has 0 N–H and O–H groups in total. The summed E-state index contributed by atoms with van der Waals surface area (Å²) >= 11 is 0. The van der Waals surface area contributed by atoms with Crippen molar-refractivity contribution in [2.24, 2.45) is 5.92 Å². The van der Waals surface area contributed by atoms with Gasteiger partial charge in [-0.15, -0.1) is 0 Å². The van der Waals surface area contributed by atoms with Gasteiger partial charge in [0.25, 0.3) is 0 Å². The summed E-state index contributed by atoms with van der Waals surface area (Å²) in [5.74, 6) is -2.60. The molecular weight excluding hydrogens is 239 g/mol. The zero-order valence-electron chi connectivity index (χ0n) is 9.94. The third kappa shape index (κ3) is 2.20. The molecule has 1 aliphatic heterocycles. The van der Waals surface area contributed by atoms with E-state index in [4.69, 9.17) is 9.47 Å². The van der Waals surface area contributed by atoms with Gasteiger partial charge in [0.15, 0.2) is 17.3 Å². The quantitative estimate of drug-likeness (QED) is 0.596. The van der Waals surface area contributed by atoms with Crippen molar-refractivity contribution in [1.82, 2.24) is 0 Å². The monoisotopic (exact) mass is 252 g/mol. The standard InChI is InChI=1S/C13H13FO4/c1-2-17-13(16)9-6-7-18-12-8(11(9)15)4-3-5-10(12)14/h3-5,9H,2,6-7H2,1H3. The lowest BCUT2D eigenvalue weighted by atomic mass is 9.95. The first-order valence-corrected chi connectivity index (χ1v) is 5.77. The van der Waals surface area contributed by atoms with Gasteiger partial charge in [0.05, 0.1) is 18.8 Å². The van der Waals surface area contributed by atoms with Crippen molar-refractivity contribution in [2.75, 3.05) is 13.2 Å². The van der Waals surface area contributed by atoms with E-state index in [0.29, 0.717) is 0 Å². The molecule has 0 aromatic heterocycles. The zero-order valence-corrected chi connectivity index (χ0v) is 9.94. The lowest BCUT2D eigenvalue weighted by molar-refractivity contribution is -0.146. The van der Waals surface area contributed by atoms with Crippen molar-refractivity contribution in [2.45, 2.75) is 13.3 Å². The molecule has 18 heavy (non-hydrogen) atoms. The van der Waals surface area contributed by atoms with Gasteiger partial charge >= 0.3 is 5.97 Å². The van der Waals surface area contributed by atoms with Crippen LogP contribution in [0.25, 0.3) is 0 Å². The summed E-state index contributed by atoms with van der Waals surface area (Å²) in [5.41, 5.74) is 0.102. The summed E-state index contributed by atoms with van der Waals surface area (Å²) in [6, 6.07) is 4.10. The number of ether oxygens (including phenoxy) is 2. The van der Waals surface area contributed by atoms with E-state index in [-0.39, 0.29) is 30.9 Å². The second-order valence-corrected chi connectivity index (χ2v) is 3.92. The Morgan fingerprint density at radius 2 is 2.33 bits per heavy atom. The highest BCUT2D eigenvalue weighted by Crippen LogP contribution is 2.29. The predicted molar refractivity (Wildman–Crippen MR) is 61.0 cm³/mol. The summed E-state index contributed by atoms with van der Waals surface area (Å²) < 4.78 is 23.6. The van der Waals surface area contributed by atoms with E-state index in [1.807, 2.05) is 0 Å². The molecule has 2 rings (SSSR count). The van der Waals surface area contributed by atoms with Gasteiger partial charge in [-0.1, -0.05) is 6.07 Å². The number of halogens is 1. The molecule has 1 aromatic carbocycles. The fourth-order valence-electron chi connectivity index (χ4n) is 1.91. The molecule has 1 aromatic rings. The minimum atomic E-state index is -0.909. The summed E-state index contributed by atoms with van der Waals surface area (Å²) in [7, 11) is 0. The Bertz CT molecular complexity index is 484. The minimum absolute atomic E-state index is 0.0747. The van der Waals surface area contributed by atoms with Gasteiger partial charge in [-0.2, -0.15) is 0 Å². The Balaban J connectivity index is 2.35. The number of fused-ring (bicyclic) bond motifs is 1. The number of hydrogen-bond acceptors (Lipinski definition) is 4. The van der Waals surface area contributed by atoms with E-state index in [0.717, 1.165) is 0 Å². The molecule has 0 aliphatic carbocycles. The number of rotatable bonds is 2. The summed E-state index contributed by atoms with van der Waals surface area (Å²) in [4.78, 5) is 23.8. The van der Waals surface area contributed by atoms with E-state index in [2.05, 4.69) is 0 Å². The smallest absolute Gasteiger partial charge is 0.316 e. The molecule has 96 valence electrons. The van der Waals surface area contributed by atoms with Crippen LogP contribution in [0.4, 0.5) is 4.39 Å². The molecule has 0 saturated carbocycles. The van der Waals surface area contributed by atoms with Crippen LogP contribution in [0.5, 0.6) is 5.75 Å². The van der Waals surface area contributed by atoms with Gasteiger partial charge in [-0.05, 0) is 19.1 Å². The molecule has 1 atom stereocenters. The lowest BCUT2D eigenvalue weighted by Crippen LogP contribution is -2.26. The number of carbonyl (C=O) groups is 2. The molecule has 0 bridgehead atoms. The Kier molecular flexibility index (Phi) is 3.60. The van der Waals surface area contributed by atoms with E-state index in [1.165, 1.54) is 18.2 Å². The Morgan fingerprint density at radius 3 is 3.06 bits per heavy atom. The molecule has 1 unspecified atom stereocenters. The molecule has 5 heteroatoms. The van der Waals surface area contributed by atoms with Crippen LogP contribution in [-0.2, 0) is 9.53 Å². The number of benzene rings is 1. The average molecular weight is 252 g/mol. The van der Waals surface area contributed by atoms with Crippen molar-refractivity contribution in [3.05, 3.63) is 29.6 Å². The van der Waals surface area contributed by atoms with Crippen LogP contribution >= 0.6 is 0 Å². The number of carbonyl (C=O) groups excluding carboxylic acids is 2. The topological polar surface area (TPSA) is 52.6 Å². The Morgan fingerprint density at radius 1 is 1.56 bits per heavy atom. The third-order valence-corrected chi connectivity index (χ3v) is 2.77. The average Bonchev–Trinajstić information content (AvgIpc) is 2.51. The highest BCUT2D eigenvalue weighted by Gasteiger charge is 2.34. The number of hydrogen-bond donors (Lipinski definition) is 0. The van der Waals surface area contributed by atoms with Gasteiger partial charge in [-0.3, -0.25) is 9.59 Å². The molecule has 1 heterocycles. The van der Waals surface area contributed by atoms with Crippen LogP contribution in [0.15, 0.2) is 18.2 Å². The maximum atomic E-state index is 13.5. The van der Waals surface area contributed by atoms with Crippen LogP contribution in [0, 0.1) is 11.7 Å². The Hall–Kier alpha value is -1.91. The van der Waals surface area contributed by atoms with Crippen molar-refractivity contribution < 1.29 is 23.5 Å². The second-order valence-electron chi connectivity index (χ2n) is 3.92. The third-order valence-electron chi connectivity index (χ3n) is 2.77. The SMILES string of the molecule is CCOC(=O)C1CCOc2c(F)cccc2C1=O. The molecule has 4 nitrogen and oxygen atoms in total. The first-order valence-electron chi connectivity index (χ1n) is 5.77.